The number of carbonyl (C=O) groups is 2. The molecule has 17 heavy (non-hydrogen) atoms. The first-order valence-corrected chi connectivity index (χ1v) is 6.46. The quantitative estimate of drug-likeness (QED) is 0.784. The van der Waals surface area contributed by atoms with Crippen molar-refractivity contribution in [2.24, 2.45) is 5.92 Å². The van der Waals surface area contributed by atoms with Gasteiger partial charge in [0.25, 0.3) is 0 Å². The monoisotopic (exact) mass is 240 g/mol. The molecule has 1 saturated heterocycles. The fourth-order valence-electron chi connectivity index (χ4n) is 2.26. The highest BCUT2D eigenvalue weighted by Crippen LogP contribution is 2.27. The number of carbonyl (C=O) groups excluding carboxylic acids is 1. The summed E-state index contributed by atoms with van der Waals surface area (Å²) in [4.78, 5) is 24.6. The molecule has 1 aliphatic carbocycles. The Balaban J connectivity index is 1.92. The Morgan fingerprint density at radius 2 is 1.94 bits per heavy atom. The standard InChI is InChI=1S/C12H20N2O3/c15-11(16)10-4-2-1-3-7-14(10)12(17)13-8-9-5-6-9/h9-10H,1-8H2,(H,13,17)(H,15,16). The molecule has 5 heteroatoms. The number of amides is 2. The number of hydrogen-bond donors (Lipinski definition) is 2. The lowest BCUT2D eigenvalue weighted by Crippen LogP contribution is -2.49. The molecule has 96 valence electrons. The molecule has 1 unspecified atom stereocenters. The fraction of sp³-hybridized carbons (Fsp3) is 0.833. The van der Waals surface area contributed by atoms with Gasteiger partial charge in [0.15, 0.2) is 0 Å². The second kappa shape index (κ2) is 5.38. The van der Waals surface area contributed by atoms with Gasteiger partial charge in [0.2, 0.25) is 0 Å². The number of hydrogen-bond acceptors (Lipinski definition) is 2. The Hall–Kier alpha value is -1.26. The second-order valence-corrected chi connectivity index (χ2v) is 5.03. The third kappa shape index (κ3) is 3.35. The lowest BCUT2D eigenvalue weighted by Gasteiger charge is -2.27. The van der Waals surface area contributed by atoms with Gasteiger partial charge in [-0.2, -0.15) is 0 Å². The van der Waals surface area contributed by atoms with E-state index >= 15 is 0 Å². The minimum absolute atomic E-state index is 0.203. The van der Waals surface area contributed by atoms with Crippen molar-refractivity contribution in [3.8, 4) is 0 Å². The van der Waals surface area contributed by atoms with Crippen LogP contribution in [0.4, 0.5) is 4.79 Å². The first kappa shape index (κ1) is 12.2. The summed E-state index contributed by atoms with van der Waals surface area (Å²) in [6, 6.07) is -0.845. The van der Waals surface area contributed by atoms with Gasteiger partial charge in [0.05, 0.1) is 0 Å². The van der Waals surface area contributed by atoms with Gasteiger partial charge >= 0.3 is 12.0 Å². The van der Waals surface area contributed by atoms with E-state index in [4.69, 9.17) is 5.11 Å². The first-order chi connectivity index (χ1) is 8.18. The van der Waals surface area contributed by atoms with Gasteiger partial charge in [-0.3, -0.25) is 0 Å². The van der Waals surface area contributed by atoms with E-state index in [1.807, 2.05) is 0 Å². The summed E-state index contributed by atoms with van der Waals surface area (Å²) in [5.74, 6) is -0.261. The number of rotatable bonds is 3. The average molecular weight is 240 g/mol. The van der Waals surface area contributed by atoms with E-state index in [0.717, 1.165) is 19.3 Å². The van der Waals surface area contributed by atoms with Crippen LogP contribution in [-0.4, -0.2) is 41.1 Å². The maximum atomic E-state index is 11.9. The Morgan fingerprint density at radius 3 is 2.59 bits per heavy atom. The van der Waals surface area contributed by atoms with E-state index in [1.54, 1.807) is 0 Å². The number of likely N-dealkylation sites (tertiary alicyclic amines) is 1. The third-order valence-corrected chi connectivity index (χ3v) is 3.54. The second-order valence-electron chi connectivity index (χ2n) is 5.03. The smallest absolute Gasteiger partial charge is 0.326 e. The van der Waals surface area contributed by atoms with Gasteiger partial charge in [0, 0.05) is 13.1 Å². The first-order valence-electron chi connectivity index (χ1n) is 6.46. The van der Waals surface area contributed by atoms with E-state index in [1.165, 1.54) is 17.7 Å². The van der Waals surface area contributed by atoms with Gasteiger partial charge < -0.3 is 15.3 Å². The van der Waals surface area contributed by atoms with Gasteiger partial charge in [-0.15, -0.1) is 0 Å². The molecule has 0 aromatic rings. The summed E-state index contributed by atoms with van der Waals surface area (Å²) < 4.78 is 0. The highest BCUT2D eigenvalue weighted by atomic mass is 16.4. The molecule has 5 nitrogen and oxygen atoms in total. The fourth-order valence-corrected chi connectivity index (χ4v) is 2.26. The summed E-state index contributed by atoms with van der Waals surface area (Å²) in [6.07, 6.45) is 5.75. The van der Waals surface area contributed by atoms with Gasteiger partial charge in [-0.05, 0) is 31.6 Å². The van der Waals surface area contributed by atoms with Crippen LogP contribution in [0.2, 0.25) is 0 Å². The summed E-state index contributed by atoms with van der Waals surface area (Å²) in [5, 5.41) is 12.0. The summed E-state index contributed by atoms with van der Waals surface area (Å²) in [5.41, 5.74) is 0. The number of nitrogens with zero attached hydrogens (tertiary/aromatic N) is 1. The van der Waals surface area contributed by atoms with Crippen molar-refractivity contribution in [3.63, 3.8) is 0 Å². The zero-order chi connectivity index (χ0) is 12.3. The number of carboxylic acid groups (broad SMARTS) is 1. The van der Waals surface area contributed by atoms with Gasteiger partial charge in [-0.1, -0.05) is 12.8 Å². The maximum absolute atomic E-state index is 11.9. The molecule has 0 radical (unpaired) electrons. The van der Waals surface area contributed by atoms with Crippen molar-refractivity contribution >= 4 is 12.0 Å². The van der Waals surface area contributed by atoms with Gasteiger partial charge in [0.1, 0.15) is 6.04 Å². The minimum atomic E-state index is -0.881. The van der Waals surface area contributed by atoms with Crippen LogP contribution in [0.25, 0.3) is 0 Å². The van der Waals surface area contributed by atoms with Crippen LogP contribution >= 0.6 is 0 Å². The molecule has 0 bridgehead atoms. The number of urea groups is 1. The molecule has 1 atom stereocenters. The van der Waals surface area contributed by atoms with Gasteiger partial charge in [-0.25, -0.2) is 9.59 Å². The number of aliphatic carboxylic acids is 1. The van der Waals surface area contributed by atoms with Crippen molar-refractivity contribution < 1.29 is 14.7 Å². The van der Waals surface area contributed by atoms with E-state index in [9.17, 15) is 9.59 Å². The molecular formula is C12H20N2O3. The van der Waals surface area contributed by atoms with Crippen molar-refractivity contribution in [1.82, 2.24) is 10.2 Å². The van der Waals surface area contributed by atoms with Crippen molar-refractivity contribution in [2.45, 2.75) is 44.6 Å². The zero-order valence-corrected chi connectivity index (χ0v) is 10.0. The highest BCUT2D eigenvalue weighted by Gasteiger charge is 2.31. The lowest BCUT2D eigenvalue weighted by atomic mass is 10.1. The van der Waals surface area contributed by atoms with E-state index in [0.29, 0.717) is 25.4 Å². The van der Waals surface area contributed by atoms with Crippen LogP contribution in [-0.2, 0) is 4.79 Å². The van der Waals surface area contributed by atoms with Crippen LogP contribution in [0.5, 0.6) is 0 Å². The Kier molecular flexibility index (Phi) is 3.86. The van der Waals surface area contributed by atoms with Crippen molar-refractivity contribution in [3.05, 3.63) is 0 Å². The molecule has 0 aromatic heterocycles. The van der Waals surface area contributed by atoms with Crippen molar-refractivity contribution in [1.29, 1.82) is 0 Å². The van der Waals surface area contributed by atoms with E-state index < -0.39 is 12.0 Å². The number of carboxylic acids is 1. The molecule has 1 aliphatic heterocycles. The molecular weight excluding hydrogens is 220 g/mol. The molecule has 0 aromatic carbocycles. The predicted molar refractivity (Wildman–Crippen MR) is 62.7 cm³/mol. The predicted octanol–water partition coefficient (Wildman–Crippen LogP) is 1.44. The minimum Gasteiger partial charge on any atom is -0.480 e. The largest absolute Gasteiger partial charge is 0.480 e. The van der Waals surface area contributed by atoms with E-state index in [-0.39, 0.29) is 6.03 Å². The lowest BCUT2D eigenvalue weighted by molar-refractivity contribution is -0.142. The average Bonchev–Trinajstić information content (AvgIpc) is 3.12. The summed E-state index contributed by atoms with van der Waals surface area (Å²) >= 11 is 0. The molecule has 2 N–H and O–H groups in total. The van der Waals surface area contributed by atoms with Crippen LogP contribution < -0.4 is 5.32 Å². The highest BCUT2D eigenvalue weighted by molar-refractivity contribution is 5.82. The maximum Gasteiger partial charge on any atom is 0.326 e. The third-order valence-electron chi connectivity index (χ3n) is 3.54. The Morgan fingerprint density at radius 1 is 1.18 bits per heavy atom. The van der Waals surface area contributed by atoms with E-state index in [2.05, 4.69) is 5.32 Å². The molecule has 0 spiro atoms. The van der Waals surface area contributed by atoms with Crippen LogP contribution in [0.15, 0.2) is 0 Å². The Bertz CT molecular complexity index is 302. The molecule has 2 amide bonds. The van der Waals surface area contributed by atoms with Crippen molar-refractivity contribution in [2.75, 3.05) is 13.1 Å². The summed E-state index contributed by atoms with van der Waals surface area (Å²) in [6.45, 7) is 1.26. The molecule has 2 fully saturated rings. The Labute approximate surface area is 101 Å². The number of nitrogens with one attached hydrogen (secondary N) is 1. The molecule has 2 aliphatic rings. The molecule has 2 rings (SSSR count). The van der Waals surface area contributed by atoms with Crippen LogP contribution in [0.3, 0.4) is 0 Å². The normalized spacial score (nSPS) is 25.2. The topological polar surface area (TPSA) is 69.6 Å². The SMILES string of the molecule is O=C(O)C1CCCCCN1C(=O)NCC1CC1. The summed E-state index contributed by atoms with van der Waals surface area (Å²) in [7, 11) is 0. The molecule has 1 saturated carbocycles. The van der Waals surface area contributed by atoms with Crippen LogP contribution in [0.1, 0.15) is 38.5 Å². The molecule has 1 heterocycles. The zero-order valence-electron chi connectivity index (χ0n) is 10.0. The van der Waals surface area contributed by atoms with Crippen LogP contribution in [0, 0.1) is 5.92 Å².